The van der Waals surface area contributed by atoms with Crippen LogP contribution >= 0.6 is 7.82 Å². The van der Waals surface area contributed by atoms with E-state index in [4.69, 9.17) is 4.74 Å². The Kier molecular flexibility index (Phi) is 26.2. The highest BCUT2D eigenvalue weighted by Gasteiger charge is 2.28. The zero-order valence-electron chi connectivity index (χ0n) is 26.3. The molecule has 0 aromatic carbocycles. The predicted molar refractivity (Wildman–Crippen MR) is 166 cm³/mol. The van der Waals surface area contributed by atoms with Gasteiger partial charge in [-0.1, -0.05) is 89.5 Å². The van der Waals surface area contributed by atoms with Crippen molar-refractivity contribution in [2.24, 2.45) is 0 Å². The number of aliphatic carboxylic acids is 1. The molecule has 0 aromatic rings. The van der Waals surface area contributed by atoms with E-state index in [1.807, 2.05) is 0 Å². The highest BCUT2D eigenvalue weighted by atomic mass is 31.2. The van der Waals surface area contributed by atoms with Crippen LogP contribution in [0.5, 0.6) is 0 Å². The fourth-order valence-corrected chi connectivity index (χ4v) is 4.74. The molecule has 0 spiro atoms. The molecule has 250 valence electrons. The minimum absolute atomic E-state index is 0.137. The summed E-state index contributed by atoms with van der Waals surface area (Å²) in [4.78, 5) is 44.7. The molecule has 0 bridgehead atoms. The van der Waals surface area contributed by atoms with Crippen molar-refractivity contribution in [3.05, 3.63) is 24.3 Å². The number of carbonyl (C=O) groups is 3. The summed E-state index contributed by atoms with van der Waals surface area (Å²) in [6.07, 6.45) is 24.0. The third-order valence-electron chi connectivity index (χ3n) is 6.46. The minimum Gasteiger partial charge on any atom is -0.480 e. The maximum Gasteiger partial charge on any atom is 0.472 e. The lowest BCUT2D eigenvalue weighted by molar-refractivity contribution is -0.147. The molecule has 0 aliphatic carbocycles. The van der Waals surface area contributed by atoms with Crippen LogP contribution in [0, 0.1) is 0 Å². The van der Waals surface area contributed by atoms with Gasteiger partial charge in [0.25, 0.3) is 0 Å². The van der Waals surface area contributed by atoms with Crippen molar-refractivity contribution in [2.75, 3.05) is 19.8 Å². The molecule has 43 heavy (non-hydrogen) atoms. The van der Waals surface area contributed by atoms with Crippen LogP contribution in [-0.4, -0.2) is 64.9 Å². The van der Waals surface area contributed by atoms with Gasteiger partial charge in [-0.05, 0) is 44.9 Å². The Bertz CT molecular complexity index is 848. The Morgan fingerprint density at radius 3 is 1.88 bits per heavy atom. The van der Waals surface area contributed by atoms with Gasteiger partial charge in [0.05, 0.1) is 13.2 Å². The van der Waals surface area contributed by atoms with E-state index in [2.05, 4.69) is 45.6 Å². The number of aliphatic hydroxyl groups excluding tert-OH is 1. The Hall–Kier alpha value is -2.04. The quantitative estimate of drug-likeness (QED) is 0.0314. The van der Waals surface area contributed by atoms with Crippen molar-refractivity contribution >= 4 is 25.7 Å². The van der Waals surface area contributed by atoms with Crippen LogP contribution in [0.25, 0.3) is 0 Å². The standard InChI is InChI=1S/C31H56NO10P/c1-3-5-6-7-8-9-10-11-12-13-14-15-16-17-18-19-20-21-23-29(34)32-28(31(36)37)26-42-43(38,39)41-25-27(33)24-40-30(35)22-4-2/h9-10,12-13,27-28,33H,3-8,11,14-26H2,1-2H3,(H,32,34)(H,36,37)(H,38,39)/b10-9-,13-12-. The van der Waals surface area contributed by atoms with Crippen LogP contribution < -0.4 is 5.32 Å². The molecule has 0 heterocycles. The number of carboxylic acid groups (broad SMARTS) is 1. The van der Waals surface area contributed by atoms with Gasteiger partial charge in [-0.3, -0.25) is 18.6 Å². The van der Waals surface area contributed by atoms with E-state index >= 15 is 0 Å². The SMILES string of the molecule is CCCCCC/C=C\C/C=C\CCCCCCCCCC(=O)NC(COP(=O)(O)OCC(O)COC(=O)CCC)C(=O)O. The van der Waals surface area contributed by atoms with Crippen molar-refractivity contribution < 1.29 is 47.8 Å². The van der Waals surface area contributed by atoms with E-state index in [9.17, 15) is 34.1 Å². The number of amides is 1. The van der Waals surface area contributed by atoms with Gasteiger partial charge in [0.1, 0.15) is 12.7 Å². The Morgan fingerprint density at radius 1 is 0.744 bits per heavy atom. The maximum absolute atomic E-state index is 12.2. The molecule has 0 saturated heterocycles. The summed E-state index contributed by atoms with van der Waals surface area (Å²) < 4.78 is 26.1. The van der Waals surface area contributed by atoms with Crippen molar-refractivity contribution in [3.8, 4) is 0 Å². The highest BCUT2D eigenvalue weighted by Crippen LogP contribution is 2.43. The smallest absolute Gasteiger partial charge is 0.472 e. The lowest BCUT2D eigenvalue weighted by Gasteiger charge is -2.18. The molecular formula is C31H56NO10P. The molecule has 11 nitrogen and oxygen atoms in total. The van der Waals surface area contributed by atoms with E-state index in [0.717, 1.165) is 38.5 Å². The lowest BCUT2D eigenvalue weighted by atomic mass is 10.1. The second kappa shape index (κ2) is 27.5. The van der Waals surface area contributed by atoms with E-state index in [0.29, 0.717) is 12.8 Å². The third kappa shape index (κ3) is 27.3. The molecular weight excluding hydrogens is 577 g/mol. The van der Waals surface area contributed by atoms with Gasteiger partial charge >= 0.3 is 19.8 Å². The first-order valence-corrected chi connectivity index (χ1v) is 17.4. The monoisotopic (exact) mass is 633 g/mol. The number of ether oxygens (including phenoxy) is 1. The third-order valence-corrected chi connectivity index (χ3v) is 7.41. The zero-order chi connectivity index (χ0) is 32.2. The van der Waals surface area contributed by atoms with Crippen LogP contribution in [-0.2, 0) is 32.7 Å². The van der Waals surface area contributed by atoms with Gasteiger partial charge in [-0.25, -0.2) is 9.36 Å². The molecule has 0 aromatic heterocycles. The number of hydrogen-bond acceptors (Lipinski definition) is 8. The number of esters is 1. The topological polar surface area (TPSA) is 169 Å². The number of nitrogens with one attached hydrogen (secondary N) is 1. The van der Waals surface area contributed by atoms with Gasteiger partial charge in [-0.2, -0.15) is 0 Å². The first kappa shape index (κ1) is 41.0. The van der Waals surface area contributed by atoms with Crippen LogP contribution in [0.2, 0.25) is 0 Å². The Morgan fingerprint density at radius 2 is 1.30 bits per heavy atom. The van der Waals surface area contributed by atoms with E-state index in [1.54, 1.807) is 6.92 Å². The Labute approximate surface area is 258 Å². The molecule has 3 unspecified atom stereocenters. The summed E-state index contributed by atoms with van der Waals surface area (Å²) in [6, 6.07) is -1.54. The highest BCUT2D eigenvalue weighted by molar-refractivity contribution is 7.47. The molecule has 0 saturated carbocycles. The normalized spacial score (nSPS) is 14.5. The van der Waals surface area contributed by atoms with E-state index in [-0.39, 0.29) is 12.8 Å². The number of carboxylic acids is 1. The molecule has 1 amide bonds. The van der Waals surface area contributed by atoms with E-state index < -0.39 is 57.6 Å². The number of unbranched alkanes of at least 4 members (excludes halogenated alkanes) is 11. The summed E-state index contributed by atoms with van der Waals surface area (Å²) in [5, 5.41) is 21.3. The number of phosphoric acid groups is 1. The number of rotatable bonds is 29. The minimum atomic E-state index is -4.72. The summed E-state index contributed by atoms with van der Waals surface area (Å²) in [7, 11) is -4.72. The molecule has 0 fully saturated rings. The number of hydrogen-bond donors (Lipinski definition) is 4. The number of allylic oxidation sites excluding steroid dienone is 4. The average Bonchev–Trinajstić information content (AvgIpc) is 2.96. The zero-order valence-corrected chi connectivity index (χ0v) is 27.1. The molecule has 12 heteroatoms. The number of carbonyl (C=O) groups excluding carboxylic acids is 2. The second-order valence-electron chi connectivity index (χ2n) is 10.6. The van der Waals surface area contributed by atoms with Crippen LogP contribution in [0.4, 0.5) is 0 Å². The van der Waals surface area contributed by atoms with Crippen molar-refractivity contribution in [1.29, 1.82) is 0 Å². The second-order valence-corrected chi connectivity index (χ2v) is 12.1. The van der Waals surface area contributed by atoms with Crippen molar-refractivity contribution in [2.45, 2.75) is 135 Å². The number of phosphoric ester groups is 1. The first-order chi connectivity index (χ1) is 20.6. The fraction of sp³-hybridized carbons (Fsp3) is 0.774. The number of aliphatic hydroxyl groups is 1. The van der Waals surface area contributed by atoms with Gasteiger partial charge in [-0.15, -0.1) is 0 Å². The van der Waals surface area contributed by atoms with Crippen molar-refractivity contribution in [3.63, 3.8) is 0 Å². The fourth-order valence-electron chi connectivity index (χ4n) is 3.97. The lowest BCUT2D eigenvalue weighted by Crippen LogP contribution is -2.43. The predicted octanol–water partition coefficient (Wildman–Crippen LogP) is 6.38. The molecule has 0 rings (SSSR count). The van der Waals surface area contributed by atoms with Gasteiger partial charge in [0, 0.05) is 12.8 Å². The Balaban J connectivity index is 3.94. The molecule has 0 radical (unpaired) electrons. The van der Waals surface area contributed by atoms with Gasteiger partial charge < -0.3 is 25.2 Å². The summed E-state index contributed by atoms with van der Waals surface area (Å²) in [5.41, 5.74) is 0. The van der Waals surface area contributed by atoms with Crippen molar-refractivity contribution in [1.82, 2.24) is 5.32 Å². The first-order valence-electron chi connectivity index (χ1n) is 15.9. The summed E-state index contributed by atoms with van der Waals surface area (Å²) in [5.74, 6) is -2.45. The average molecular weight is 634 g/mol. The summed E-state index contributed by atoms with van der Waals surface area (Å²) >= 11 is 0. The largest absolute Gasteiger partial charge is 0.480 e. The summed E-state index contributed by atoms with van der Waals surface area (Å²) in [6.45, 7) is 2.10. The molecule has 4 N–H and O–H groups in total. The van der Waals surface area contributed by atoms with E-state index in [1.165, 1.54) is 44.9 Å². The van der Waals surface area contributed by atoms with Crippen LogP contribution in [0.3, 0.4) is 0 Å². The molecule has 0 aliphatic heterocycles. The van der Waals surface area contributed by atoms with Gasteiger partial charge in [0.2, 0.25) is 5.91 Å². The molecule has 0 aliphatic rings. The van der Waals surface area contributed by atoms with Gasteiger partial charge in [0.15, 0.2) is 6.04 Å². The van der Waals surface area contributed by atoms with Crippen LogP contribution in [0.1, 0.15) is 123 Å². The molecule has 3 atom stereocenters. The maximum atomic E-state index is 12.2. The van der Waals surface area contributed by atoms with Crippen LogP contribution in [0.15, 0.2) is 24.3 Å².